The number of nitrogens with zero attached hydrogens (tertiary/aromatic N) is 2. The lowest BCUT2D eigenvalue weighted by molar-refractivity contribution is -0.116. The lowest BCUT2D eigenvalue weighted by atomic mass is 10.0. The number of aryl methyl sites for hydroxylation is 3. The van der Waals surface area contributed by atoms with E-state index in [9.17, 15) is 9.59 Å². The summed E-state index contributed by atoms with van der Waals surface area (Å²) in [6.45, 7) is 10.1. The zero-order chi connectivity index (χ0) is 19.0. The van der Waals surface area contributed by atoms with Crippen LogP contribution in [0.15, 0.2) is 28.2 Å². The summed E-state index contributed by atoms with van der Waals surface area (Å²) in [5.41, 5.74) is 4.90. The highest BCUT2D eigenvalue weighted by Crippen LogP contribution is 2.33. The van der Waals surface area contributed by atoms with Crippen molar-refractivity contribution >= 4 is 23.4 Å². The summed E-state index contributed by atoms with van der Waals surface area (Å²) in [5, 5.41) is 3.75. The van der Waals surface area contributed by atoms with E-state index in [1.807, 2.05) is 34.6 Å². The van der Waals surface area contributed by atoms with E-state index in [0.29, 0.717) is 5.75 Å². The predicted molar refractivity (Wildman–Crippen MR) is 106 cm³/mol. The number of carbonyl (C=O) groups is 1. The van der Waals surface area contributed by atoms with Crippen LogP contribution < -0.4 is 10.9 Å². The van der Waals surface area contributed by atoms with E-state index in [0.717, 1.165) is 27.7 Å². The van der Waals surface area contributed by atoms with Gasteiger partial charge in [-0.2, -0.15) is 0 Å². The number of anilines is 1. The molecule has 5 nitrogen and oxygen atoms in total. The summed E-state index contributed by atoms with van der Waals surface area (Å²) < 4.78 is 1.67. The first-order valence-corrected chi connectivity index (χ1v) is 9.88. The second kappa shape index (κ2) is 7.27. The first kappa shape index (κ1) is 18.7. The monoisotopic (exact) mass is 371 g/mol. The van der Waals surface area contributed by atoms with Gasteiger partial charge in [-0.3, -0.25) is 14.2 Å². The molecule has 1 aliphatic rings. The Labute approximate surface area is 158 Å². The smallest absolute Gasteiger partial charge is 0.254 e. The number of carbonyl (C=O) groups excluding carboxylic acids is 1. The van der Waals surface area contributed by atoms with Crippen molar-refractivity contribution in [3.8, 4) is 0 Å². The van der Waals surface area contributed by atoms with E-state index < -0.39 is 0 Å². The van der Waals surface area contributed by atoms with E-state index in [4.69, 9.17) is 0 Å². The van der Waals surface area contributed by atoms with Crippen molar-refractivity contribution in [1.29, 1.82) is 0 Å². The molecule has 0 aliphatic carbocycles. The minimum absolute atomic E-state index is 0.0656. The second-order valence-corrected chi connectivity index (χ2v) is 8.30. The number of rotatable bonds is 4. The first-order chi connectivity index (χ1) is 12.3. The zero-order valence-corrected chi connectivity index (χ0v) is 16.7. The first-order valence-electron chi connectivity index (χ1n) is 8.90. The normalized spacial score (nSPS) is 16.0. The molecule has 2 heterocycles. The van der Waals surface area contributed by atoms with Gasteiger partial charge in [-0.25, -0.2) is 4.98 Å². The van der Waals surface area contributed by atoms with E-state index in [-0.39, 0.29) is 29.8 Å². The number of aromatic nitrogens is 2. The van der Waals surface area contributed by atoms with E-state index in [1.54, 1.807) is 22.4 Å². The second-order valence-electron chi connectivity index (χ2n) is 7.32. The molecule has 0 saturated heterocycles. The van der Waals surface area contributed by atoms with Gasteiger partial charge in [0.2, 0.25) is 5.91 Å². The van der Waals surface area contributed by atoms with Crippen molar-refractivity contribution in [3.05, 3.63) is 50.9 Å². The molecule has 1 amide bonds. The number of hydrogen-bond donors (Lipinski definition) is 1. The van der Waals surface area contributed by atoms with Gasteiger partial charge in [0.05, 0.1) is 11.7 Å². The fraction of sp³-hybridized carbons (Fsp3) is 0.450. The van der Waals surface area contributed by atoms with E-state index >= 15 is 0 Å². The third kappa shape index (κ3) is 3.70. The molecular formula is C20H25N3O2S. The van der Waals surface area contributed by atoms with Crippen LogP contribution in [0.25, 0.3) is 0 Å². The number of benzene rings is 1. The van der Waals surface area contributed by atoms with Crippen molar-refractivity contribution in [2.75, 3.05) is 11.1 Å². The Morgan fingerprint density at radius 1 is 1.27 bits per heavy atom. The molecule has 1 aromatic heterocycles. The van der Waals surface area contributed by atoms with E-state index in [2.05, 4.69) is 22.4 Å². The number of thioether (sulfide) groups is 1. The Bertz CT molecular complexity index is 895. The zero-order valence-electron chi connectivity index (χ0n) is 15.9. The van der Waals surface area contributed by atoms with Gasteiger partial charge in [-0.15, -0.1) is 0 Å². The molecule has 1 atom stereocenters. The standard InChI is InChI=1S/C20H25N3O2S/c1-11(2)16-9-18(25)23-15(10-26-20(23)21-16)8-17(24)22-19-13(4)6-12(3)7-14(19)5/h6-7,9,11,15H,8,10H2,1-5H3,(H,22,24). The highest BCUT2D eigenvalue weighted by Gasteiger charge is 2.28. The molecule has 26 heavy (non-hydrogen) atoms. The van der Waals surface area contributed by atoms with Gasteiger partial charge in [-0.05, 0) is 37.8 Å². The topological polar surface area (TPSA) is 64.0 Å². The highest BCUT2D eigenvalue weighted by atomic mass is 32.2. The largest absolute Gasteiger partial charge is 0.326 e. The Morgan fingerprint density at radius 3 is 2.54 bits per heavy atom. The molecule has 0 spiro atoms. The summed E-state index contributed by atoms with van der Waals surface area (Å²) in [4.78, 5) is 29.7. The molecule has 1 unspecified atom stereocenters. The van der Waals surface area contributed by atoms with Gasteiger partial charge >= 0.3 is 0 Å². The molecule has 0 saturated carbocycles. The van der Waals surface area contributed by atoms with Crippen molar-refractivity contribution in [3.63, 3.8) is 0 Å². The van der Waals surface area contributed by atoms with Crippen molar-refractivity contribution in [2.45, 2.75) is 58.2 Å². The van der Waals surface area contributed by atoms with Crippen LogP contribution in [0, 0.1) is 20.8 Å². The molecule has 1 aliphatic heterocycles. The molecule has 0 radical (unpaired) electrons. The Morgan fingerprint density at radius 2 is 1.92 bits per heavy atom. The summed E-state index contributed by atoms with van der Waals surface area (Å²) in [7, 11) is 0. The Hall–Kier alpha value is -2.08. The van der Waals surface area contributed by atoms with Gasteiger partial charge in [0.15, 0.2) is 5.16 Å². The lowest BCUT2D eigenvalue weighted by Crippen LogP contribution is -2.28. The number of nitrogens with one attached hydrogen (secondary N) is 1. The van der Waals surface area contributed by atoms with Gasteiger partial charge in [0.25, 0.3) is 5.56 Å². The van der Waals surface area contributed by atoms with Crippen LogP contribution in [0.4, 0.5) is 5.69 Å². The van der Waals surface area contributed by atoms with Gasteiger partial charge in [-0.1, -0.05) is 43.3 Å². The number of hydrogen-bond acceptors (Lipinski definition) is 4. The average Bonchev–Trinajstić information content (AvgIpc) is 2.94. The maximum Gasteiger partial charge on any atom is 0.254 e. The minimum atomic E-state index is -0.151. The summed E-state index contributed by atoms with van der Waals surface area (Å²) >= 11 is 1.55. The lowest BCUT2D eigenvalue weighted by Gasteiger charge is -2.16. The Kier molecular flexibility index (Phi) is 5.23. The SMILES string of the molecule is Cc1cc(C)c(NC(=O)CC2CSc3nc(C(C)C)cc(=O)n32)c(C)c1. The number of amides is 1. The van der Waals surface area contributed by atoms with Crippen LogP contribution in [0.1, 0.15) is 54.6 Å². The fourth-order valence-electron chi connectivity index (χ4n) is 3.40. The van der Waals surface area contributed by atoms with Gasteiger partial charge in [0, 0.05) is 23.9 Å². The number of fused-ring (bicyclic) bond motifs is 1. The van der Waals surface area contributed by atoms with Crippen molar-refractivity contribution in [2.24, 2.45) is 0 Å². The van der Waals surface area contributed by atoms with Crippen LogP contribution in [0.5, 0.6) is 0 Å². The molecule has 1 aromatic carbocycles. The highest BCUT2D eigenvalue weighted by molar-refractivity contribution is 7.99. The molecular weight excluding hydrogens is 346 g/mol. The fourth-order valence-corrected chi connectivity index (χ4v) is 4.55. The van der Waals surface area contributed by atoms with E-state index in [1.165, 1.54) is 5.56 Å². The molecule has 3 rings (SSSR count). The molecule has 1 N–H and O–H groups in total. The molecule has 2 aromatic rings. The summed E-state index contributed by atoms with van der Waals surface area (Å²) in [5.74, 6) is 0.839. The maximum atomic E-state index is 12.6. The van der Waals surface area contributed by atoms with Crippen molar-refractivity contribution < 1.29 is 4.79 Å². The third-order valence-electron chi connectivity index (χ3n) is 4.66. The Balaban J connectivity index is 1.78. The van der Waals surface area contributed by atoms with Crippen LogP contribution >= 0.6 is 11.8 Å². The van der Waals surface area contributed by atoms with Crippen LogP contribution in [-0.2, 0) is 4.79 Å². The van der Waals surface area contributed by atoms with Crippen LogP contribution in [0.2, 0.25) is 0 Å². The maximum absolute atomic E-state index is 12.6. The van der Waals surface area contributed by atoms with Crippen LogP contribution in [-0.4, -0.2) is 21.2 Å². The molecule has 138 valence electrons. The molecule has 6 heteroatoms. The van der Waals surface area contributed by atoms with Gasteiger partial charge in [0.1, 0.15) is 0 Å². The summed E-state index contributed by atoms with van der Waals surface area (Å²) in [6.07, 6.45) is 0.273. The quantitative estimate of drug-likeness (QED) is 0.826. The van der Waals surface area contributed by atoms with Crippen LogP contribution in [0.3, 0.4) is 0 Å². The van der Waals surface area contributed by atoms with Gasteiger partial charge < -0.3 is 5.32 Å². The molecule has 0 fully saturated rings. The molecule has 0 bridgehead atoms. The summed E-state index contributed by atoms with van der Waals surface area (Å²) in [6, 6.07) is 5.57. The predicted octanol–water partition coefficient (Wildman–Crippen LogP) is 3.97. The average molecular weight is 372 g/mol. The van der Waals surface area contributed by atoms with Crippen molar-refractivity contribution in [1.82, 2.24) is 9.55 Å². The third-order valence-corrected chi connectivity index (χ3v) is 5.76. The minimum Gasteiger partial charge on any atom is -0.326 e.